The van der Waals surface area contributed by atoms with Gasteiger partial charge in [0.25, 0.3) is 0 Å². The first-order valence-electron chi connectivity index (χ1n) is 7.02. The molecule has 8 nitrogen and oxygen atoms in total. The van der Waals surface area contributed by atoms with E-state index in [0.717, 1.165) is 11.0 Å². The van der Waals surface area contributed by atoms with Crippen LogP contribution in [0.2, 0.25) is 0 Å². The maximum Gasteiger partial charge on any atom is 0.305 e. The van der Waals surface area contributed by atoms with Crippen LogP contribution in [0.1, 0.15) is 6.42 Å². The number of nitrogens with zero attached hydrogens (tertiary/aromatic N) is 4. The summed E-state index contributed by atoms with van der Waals surface area (Å²) in [5.41, 5.74) is 1.44. The van der Waals surface area contributed by atoms with E-state index in [1.165, 1.54) is 4.80 Å². The molecule has 1 aliphatic rings. The summed E-state index contributed by atoms with van der Waals surface area (Å²) in [5, 5.41) is 17.4. The van der Waals surface area contributed by atoms with Crippen molar-refractivity contribution in [3.8, 4) is 0 Å². The topological polar surface area (TPSA) is 97.6 Å². The number of carbonyl (C=O) groups is 2. The van der Waals surface area contributed by atoms with E-state index < -0.39 is 12.0 Å². The minimum atomic E-state index is -0.948. The molecule has 1 N–H and O–H groups in total. The molecule has 8 heteroatoms. The number of ether oxygens (including phenoxy) is 1. The van der Waals surface area contributed by atoms with Gasteiger partial charge in [0.15, 0.2) is 0 Å². The highest BCUT2D eigenvalue weighted by Crippen LogP contribution is 2.12. The smallest absolute Gasteiger partial charge is 0.305 e. The fraction of sp³-hybridized carbons (Fsp3) is 0.429. The Morgan fingerprint density at radius 3 is 2.59 bits per heavy atom. The lowest BCUT2D eigenvalue weighted by Gasteiger charge is -2.34. The first-order chi connectivity index (χ1) is 10.6. The quantitative estimate of drug-likeness (QED) is 0.862. The van der Waals surface area contributed by atoms with E-state index in [1.807, 2.05) is 24.3 Å². The molecule has 0 radical (unpaired) electrons. The molecule has 1 aromatic heterocycles. The predicted octanol–water partition coefficient (Wildman–Crippen LogP) is 0.133. The van der Waals surface area contributed by atoms with Crippen LogP contribution in [0.25, 0.3) is 11.0 Å². The zero-order valence-electron chi connectivity index (χ0n) is 11.9. The standard InChI is InChI=1S/C14H16N4O4/c19-13(17-5-6-22-9-10(17)7-14(20)21)8-18-15-11-3-1-2-4-12(11)16-18/h1-4,10H,5-9H2,(H,20,21)/t10-/m0/s1. The van der Waals surface area contributed by atoms with Crippen molar-refractivity contribution in [1.29, 1.82) is 0 Å². The van der Waals surface area contributed by atoms with Crippen molar-refractivity contribution < 1.29 is 19.4 Å². The fourth-order valence-electron chi connectivity index (χ4n) is 2.54. The van der Waals surface area contributed by atoms with Crippen LogP contribution in [-0.4, -0.2) is 62.7 Å². The number of carboxylic acids is 1. The third-order valence-electron chi connectivity index (χ3n) is 3.56. The molecule has 2 heterocycles. The maximum atomic E-state index is 12.4. The molecule has 0 unspecified atom stereocenters. The Morgan fingerprint density at radius 2 is 1.95 bits per heavy atom. The van der Waals surface area contributed by atoms with E-state index >= 15 is 0 Å². The molecule has 1 atom stereocenters. The number of hydrogen-bond donors (Lipinski definition) is 1. The molecule has 0 saturated carbocycles. The number of carbonyl (C=O) groups excluding carboxylic acids is 1. The lowest BCUT2D eigenvalue weighted by Crippen LogP contribution is -2.50. The highest BCUT2D eigenvalue weighted by Gasteiger charge is 2.29. The number of aromatic nitrogens is 3. The number of carboxylic acid groups (broad SMARTS) is 1. The van der Waals surface area contributed by atoms with Gasteiger partial charge in [-0.05, 0) is 12.1 Å². The van der Waals surface area contributed by atoms with Gasteiger partial charge in [-0.25, -0.2) is 0 Å². The van der Waals surface area contributed by atoms with Crippen LogP contribution in [0.4, 0.5) is 0 Å². The molecule has 3 rings (SSSR count). The van der Waals surface area contributed by atoms with Crippen molar-refractivity contribution in [1.82, 2.24) is 19.9 Å². The molecule has 1 aromatic carbocycles. The summed E-state index contributed by atoms with van der Waals surface area (Å²) >= 11 is 0. The number of benzene rings is 1. The van der Waals surface area contributed by atoms with E-state index in [1.54, 1.807) is 4.90 Å². The predicted molar refractivity (Wildman–Crippen MR) is 76.1 cm³/mol. The van der Waals surface area contributed by atoms with Crippen molar-refractivity contribution in [2.45, 2.75) is 19.0 Å². The van der Waals surface area contributed by atoms with E-state index in [4.69, 9.17) is 9.84 Å². The molecule has 0 bridgehead atoms. The lowest BCUT2D eigenvalue weighted by atomic mass is 10.1. The van der Waals surface area contributed by atoms with Crippen LogP contribution < -0.4 is 0 Å². The highest BCUT2D eigenvalue weighted by atomic mass is 16.5. The van der Waals surface area contributed by atoms with Crippen LogP contribution in [0, 0.1) is 0 Å². The van der Waals surface area contributed by atoms with E-state index in [9.17, 15) is 9.59 Å². The van der Waals surface area contributed by atoms with Gasteiger partial charge in [0.1, 0.15) is 17.6 Å². The van der Waals surface area contributed by atoms with Crippen molar-refractivity contribution in [3.63, 3.8) is 0 Å². The Hall–Kier alpha value is -2.48. The molecule has 22 heavy (non-hydrogen) atoms. The van der Waals surface area contributed by atoms with Gasteiger partial charge in [-0.3, -0.25) is 9.59 Å². The van der Waals surface area contributed by atoms with Gasteiger partial charge >= 0.3 is 5.97 Å². The molecule has 1 fully saturated rings. The second kappa shape index (κ2) is 6.10. The van der Waals surface area contributed by atoms with Gasteiger partial charge in [0, 0.05) is 6.54 Å². The molecular formula is C14H16N4O4. The lowest BCUT2D eigenvalue weighted by molar-refractivity contribution is -0.146. The van der Waals surface area contributed by atoms with Crippen molar-refractivity contribution in [2.24, 2.45) is 0 Å². The average molecular weight is 304 g/mol. The molecule has 1 amide bonds. The second-order valence-electron chi connectivity index (χ2n) is 5.13. The minimum Gasteiger partial charge on any atom is -0.481 e. The Bertz CT molecular complexity index is 666. The molecule has 0 aliphatic carbocycles. The monoisotopic (exact) mass is 304 g/mol. The number of fused-ring (bicyclic) bond motifs is 1. The Kier molecular flexibility index (Phi) is 4.01. The average Bonchev–Trinajstić information content (AvgIpc) is 2.89. The van der Waals surface area contributed by atoms with Crippen molar-refractivity contribution in [3.05, 3.63) is 24.3 Å². The van der Waals surface area contributed by atoms with E-state index in [-0.39, 0.29) is 25.5 Å². The third-order valence-corrected chi connectivity index (χ3v) is 3.56. The summed E-state index contributed by atoms with van der Waals surface area (Å²) in [5.74, 6) is -1.15. The van der Waals surface area contributed by atoms with Crippen molar-refractivity contribution in [2.75, 3.05) is 19.8 Å². The summed E-state index contributed by atoms with van der Waals surface area (Å²) in [6.07, 6.45) is -0.125. The van der Waals surface area contributed by atoms with Gasteiger partial charge in [-0.1, -0.05) is 12.1 Å². The SMILES string of the molecule is O=C(O)C[C@H]1COCCN1C(=O)Cn1nc2ccccc2n1. The van der Waals surface area contributed by atoms with Crippen LogP contribution in [0.3, 0.4) is 0 Å². The van der Waals surface area contributed by atoms with Crippen LogP contribution in [0.15, 0.2) is 24.3 Å². The van der Waals surface area contributed by atoms with Gasteiger partial charge in [-0.15, -0.1) is 0 Å². The Morgan fingerprint density at radius 1 is 1.27 bits per heavy atom. The number of hydrogen-bond acceptors (Lipinski definition) is 5. The summed E-state index contributed by atoms with van der Waals surface area (Å²) in [7, 11) is 0. The summed E-state index contributed by atoms with van der Waals surface area (Å²) in [4.78, 5) is 26.2. The number of aliphatic carboxylic acids is 1. The second-order valence-corrected chi connectivity index (χ2v) is 5.13. The molecule has 0 spiro atoms. The van der Waals surface area contributed by atoms with Crippen molar-refractivity contribution >= 4 is 22.9 Å². The molecular weight excluding hydrogens is 288 g/mol. The molecule has 2 aromatic rings. The normalized spacial score (nSPS) is 18.5. The summed E-state index contributed by atoms with van der Waals surface area (Å²) in [6.45, 7) is 1.03. The number of morpholine rings is 1. The van der Waals surface area contributed by atoms with Gasteiger partial charge in [0.2, 0.25) is 5.91 Å². The Labute approximate surface area is 126 Å². The summed E-state index contributed by atoms with van der Waals surface area (Å²) < 4.78 is 5.27. The first-order valence-corrected chi connectivity index (χ1v) is 7.02. The largest absolute Gasteiger partial charge is 0.481 e. The van der Waals surface area contributed by atoms with Gasteiger partial charge in [-0.2, -0.15) is 15.0 Å². The molecule has 1 aliphatic heterocycles. The zero-order valence-corrected chi connectivity index (χ0v) is 11.9. The maximum absolute atomic E-state index is 12.4. The van der Waals surface area contributed by atoms with E-state index in [0.29, 0.717) is 13.2 Å². The molecule has 1 saturated heterocycles. The van der Waals surface area contributed by atoms with Gasteiger partial charge < -0.3 is 14.7 Å². The minimum absolute atomic E-state index is 0.00913. The number of rotatable bonds is 4. The van der Waals surface area contributed by atoms with E-state index in [2.05, 4.69) is 10.2 Å². The number of amides is 1. The third kappa shape index (κ3) is 3.06. The van der Waals surface area contributed by atoms with Gasteiger partial charge in [0.05, 0.1) is 25.7 Å². The summed E-state index contributed by atoms with van der Waals surface area (Å²) in [6, 6.07) is 6.92. The van der Waals surface area contributed by atoms with Crippen LogP contribution in [0.5, 0.6) is 0 Å². The highest BCUT2D eigenvalue weighted by molar-refractivity contribution is 5.78. The zero-order chi connectivity index (χ0) is 15.5. The first kappa shape index (κ1) is 14.5. The fourth-order valence-corrected chi connectivity index (χ4v) is 2.54. The molecule has 116 valence electrons. The van der Waals surface area contributed by atoms with Crippen LogP contribution in [-0.2, 0) is 20.9 Å². The van der Waals surface area contributed by atoms with Crippen LogP contribution >= 0.6 is 0 Å². The Balaban J connectivity index is 1.72.